The zero-order valence-corrected chi connectivity index (χ0v) is 6.57. The summed E-state index contributed by atoms with van der Waals surface area (Å²) in [6.45, 7) is 1.73. The van der Waals surface area contributed by atoms with Gasteiger partial charge in [-0.25, -0.2) is 4.79 Å². The molecule has 3 heteroatoms. The second-order valence-electron chi connectivity index (χ2n) is 2.63. The minimum Gasteiger partial charge on any atom is -0.421 e. The highest BCUT2D eigenvalue weighted by Gasteiger charge is 1.98. The lowest BCUT2D eigenvalue weighted by Crippen LogP contribution is -2.01. The van der Waals surface area contributed by atoms with Gasteiger partial charge in [0.15, 0.2) is 5.58 Å². The van der Waals surface area contributed by atoms with Crippen LogP contribution >= 0.6 is 0 Å². The average Bonchev–Trinajstić information content (AvgIpc) is 2.07. The van der Waals surface area contributed by atoms with Crippen LogP contribution in [0, 0.1) is 6.92 Å². The Balaban J connectivity index is 2.93. The second-order valence-corrected chi connectivity index (χ2v) is 2.63. The van der Waals surface area contributed by atoms with E-state index in [2.05, 4.69) is 4.98 Å². The van der Waals surface area contributed by atoms with Gasteiger partial charge in [-0.05, 0) is 19.1 Å². The maximum atomic E-state index is 11.0. The van der Waals surface area contributed by atoms with Gasteiger partial charge in [0.05, 0.1) is 6.20 Å². The number of pyridine rings is 1. The first kappa shape index (κ1) is 7.03. The zero-order chi connectivity index (χ0) is 8.55. The van der Waals surface area contributed by atoms with Crippen molar-refractivity contribution in [2.45, 2.75) is 6.92 Å². The van der Waals surface area contributed by atoms with E-state index >= 15 is 0 Å². The molecule has 0 amide bonds. The molecule has 0 saturated heterocycles. The normalized spacial score (nSPS) is 10.4. The van der Waals surface area contributed by atoms with Gasteiger partial charge in [-0.3, -0.25) is 4.98 Å². The molecule has 0 spiro atoms. The Morgan fingerprint density at radius 2 is 2.33 bits per heavy atom. The van der Waals surface area contributed by atoms with Gasteiger partial charge in [0.25, 0.3) is 0 Å². The van der Waals surface area contributed by atoms with E-state index in [0.717, 1.165) is 5.39 Å². The fraction of sp³-hybridized carbons (Fsp3) is 0.111. The SMILES string of the molecule is Cc1cc2ccncc2oc1=O. The molecule has 0 saturated carbocycles. The molecule has 0 aliphatic rings. The Morgan fingerprint density at radius 1 is 1.50 bits per heavy atom. The maximum Gasteiger partial charge on any atom is 0.339 e. The van der Waals surface area contributed by atoms with Crippen molar-refractivity contribution in [1.82, 2.24) is 4.98 Å². The van der Waals surface area contributed by atoms with Crippen LogP contribution in [-0.4, -0.2) is 4.98 Å². The van der Waals surface area contributed by atoms with E-state index in [1.54, 1.807) is 19.2 Å². The van der Waals surface area contributed by atoms with Crippen LogP contribution in [0.15, 0.2) is 33.7 Å². The highest BCUT2D eigenvalue weighted by Crippen LogP contribution is 2.09. The van der Waals surface area contributed by atoms with Gasteiger partial charge in [-0.15, -0.1) is 0 Å². The molecule has 0 bridgehead atoms. The highest BCUT2D eigenvalue weighted by molar-refractivity contribution is 5.75. The predicted molar refractivity (Wildman–Crippen MR) is 45.0 cm³/mol. The molecule has 0 aliphatic carbocycles. The third-order valence-electron chi connectivity index (χ3n) is 1.71. The summed E-state index contributed by atoms with van der Waals surface area (Å²) >= 11 is 0. The Labute approximate surface area is 68.7 Å². The summed E-state index contributed by atoms with van der Waals surface area (Å²) in [6, 6.07) is 3.61. The molecule has 12 heavy (non-hydrogen) atoms. The largest absolute Gasteiger partial charge is 0.421 e. The molecule has 0 atom stereocenters. The number of fused-ring (bicyclic) bond motifs is 1. The summed E-state index contributed by atoms with van der Waals surface area (Å²) in [6.07, 6.45) is 3.21. The van der Waals surface area contributed by atoms with E-state index < -0.39 is 0 Å². The van der Waals surface area contributed by atoms with Crippen LogP contribution in [0.5, 0.6) is 0 Å². The second kappa shape index (κ2) is 2.44. The van der Waals surface area contributed by atoms with E-state index in [4.69, 9.17) is 4.42 Å². The number of nitrogens with zero attached hydrogens (tertiary/aromatic N) is 1. The molecule has 60 valence electrons. The van der Waals surface area contributed by atoms with Crippen molar-refractivity contribution < 1.29 is 4.42 Å². The van der Waals surface area contributed by atoms with E-state index in [1.165, 1.54) is 6.20 Å². The van der Waals surface area contributed by atoms with Crippen molar-refractivity contribution in [3.8, 4) is 0 Å². The van der Waals surface area contributed by atoms with Crippen molar-refractivity contribution in [3.63, 3.8) is 0 Å². The highest BCUT2D eigenvalue weighted by atomic mass is 16.4. The molecule has 2 rings (SSSR count). The minimum absolute atomic E-state index is 0.296. The third-order valence-corrected chi connectivity index (χ3v) is 1.71. The van der Waals surface area contributed by atoms with Crippen LogP contribution in [0.4, 0.5) is 0 Å². The lowest BCUT2D eigenvalue weighted by Gasteiger charge is -1.94. The van der Waals surface area contributed by atoms with Crippen LogP contribution in [0.2, 0.25) is 0 Å². The number of aromatic nitrogens is 1. The van der Waals surface area contributed by atoms with Gasteiger partial charge >= 0.3 is 5.63 Å². The fourth-order valence-electron chi connectivity index (χ4n) is 1.07. The van der Waals surface area contributed by atoms with Gasteiger partial charge in [0.1, 0.15) is 0 Å². The van der Waals surface area contributed by atoms with Gasteiger partial charge in [-0.1, -0.05) is 0 Å². The number of hydrogen-bond donors (Lipinski definition) is 0. The summed E-state index contributed by atoms with van der Waals surface area (Å²) in [5.74, 6) is 0. The van der Waals surface area contributed by atoms with Gasteiger partial charge in [0, 0.05) is 17.1 Å². The minimum atomic E-state index is -0.296. The molecule has 2 aromatic heterocycles. The van der Waals surface area contributed by atoms with Crippen molar-refractivity contribution in [2.75, 3.05) is 0 Å². The van der Waals surface area contributed by atoms with E-state index in [1.807, 2.05) is 6.07 Å². The van der Waals surface area contributed by atoms with Crippen LogP contribution < -0.4 is 5.63 Å². The number of hydrogen-bond acceptors (Lipinski definition) is 3. The monoisotopic (exact) mass is 161 g/mol. The van der Waals surface area contributed by atoms with Crippen molar-refractivity contribution in [2.24, 2.45) is 0 Å². The maximum absolute atomic E-state index is 11.0. The summed E-state index contributed by atoms with van der Waals surface area (Å²) in [5.41, 5.74) is 0.859. The van der Waals surface area contributed by atoms with Gasteiger partial charge in [-0.2, -0.15) is 0 Å². The Kier molecular flexibility index (Phi) is 1.43. The van der Waals surface area contributed by atoms with Crippen LogP contribution in [0.3, 0.4) is 0 Å². The first-order chi connectivity index (χ1) is 5.77. The first-order valence-corrected chi connectivity index (χ1v) is 3.62. The lowest BCUT2D eigenvalue weighted by molar-refractivity contribution is 0.553. The number of rotatable bonds is 0. The number of aryl methyl sites for hydroxylation is 1. The molecule has 0 radical (unpaired) electrons. The van der Waals surface area contributed by atoms with Crippen molar-refractivity contribution in [1.29, 1.82) is 0 Å². The van der Waals surface area contributed by atoms with Crippen LogP contribution in [0.25, 0.3) is 11.0 Å². The Bertz CT molecular complexity index is 473. The van der Waals surface area contributed by atoms with Crippen LogP contribution in [-0.2, 0) is 0 Å². The third kappa shape index (κ3) is 0.993. The molecule has 0 unspecified atom stereocenters. The summed E-state index contributed by atoms with van der Waals surface area (Å²) < 4.78 is 4.97. The Hall–Kier alpha value is -1.64. The summed E-state index contributed by atoms with van der Waals surface area (Å²) in [4.78, 5) is 14.9. The quantitative estimate of drug-likeness (QED) is 0.588. The first-order valence-electron chi connectivity index (χ1n) is 3.62. The molecule has 0 N–H and O–H groups in total. The smallest absolute Gasteiger partial charge is 0.339 e. The topological polar surface area (TPSA) is 43.1 Å². The van der Waals surface area contributed by atoms with E-state index in [0.29, 0.717) is 11.1 Å². The molecular weight excluding hydrogens is 154 g/mol. The lowest BCUT2D eigenvalue weighted by atomic mass is 10.2. The Morgan fingerprint density at radius 3 is 3.17 bits per heavy atom. The van der Waals surface area contributed by atoms with Crippen molar-refractivity contribution >= 4 is 11.0 Å². The molecular formula is C9H7NO2. The van der Waals surface area contributed by atoms with E-state index in [-0.39, 0.29) is 5.63 Å². The van der Waals surface area contributed by atoms with Crippen molar-refractivity contribution in [3.05, 3.63) is 40.5 Å². The fourth-order valence-corrected chi connectivity index (χ4v) is 1.07. The summed E-state index contributed by atoms with van der Waals surface area (Å²) in [7, 11) is 0. The average molecular weight is 161 g/mol. The molecule has 0 fully saturated rings. The molecule has 3 nitrogen and oxygen atoms in total. The molecule has 2 aromatic rings. The molecule has 2 heterocycles. The molecule has 0 aromatic carbocycles. The standard InChI is InChI=1S/C9H7NO2/c1-6-4-7-2-3-10-5-8(7)12-9(6)11/h2-5H,1H3. The summed E-state index contributed by atoms with van der Waals surface area (Å²) in [5, 5.41) is 0.905. The van der Waals surface area contributed by atoms with Gasteiger partial charge in [0.2, 0.25) is 0 Å². The molecule has 0 aliphatic heterocycles. The zero-order valence-electron chi connectivity index (χ0n) is 6.57. The van der Waals surface area contributed by atoms with Crippen LogP contribution in [0.1, 0.15) is 5.56 Å². The van der Waals surface area contributed by atoms with Gasteiger partial charge < -0.3 is 4.42 Å². The van der Waals surface area contributed by atoms with E-state index in [9.17, 15) is 4.79 Å². The predicted octanol–water partition coefficient (Wildman–Crippen LogP) is 1.50.